The van der Waals surface area contributed by atoms with Gasteiger partial charge < -0.3 is 5.32 Å². The first-order chi connectivity index (χ1) is 10.7. The van der Waals surface area contributed by atoms with Crippen molar-refractivity contribution in [3.8, 4) is 0 Å². The third-order valence-corrected chi connectivity index (χ3v) is 5.75. The zero-order valence-electron chi connectivity index (χ0n) is 12.9. The lowest BCUT2D eigenvalue weighted by atomic mass is 9.93. The van der Waals surface area contributed by atoms with Crippen LogP contribution in [0.15, 0.2) is 24.3 Å². The number of carbonyl (C=O) groups is 1. The van der Waals surface area contributed by atoms with E-state index in [1.807, 2.05) is 0 Å². The molecule has 1 aromatic rings. The van der Waals surface area contributed by atoms with Crippen molar-refractivity contribution in [1.29, 1.82) is 0 Å². The third-order valence-electron chi connectivity index (χ3n) is 5.75. The quantitative estimate of drug-likeness (QED) is 0.931. The minimum absolute atomic E-state index is 0.150. The monoisotopic (exact) mass is 302 g/mol. The summed E-state index contributed by atoms with van der Waals surface area (Å²) in [4.78, 5) is 15.4. The first-order valence-corrected chi connectivity index (χ1v) is 8.50. The highest BCUT2D eigenvalue weighted by Crippen LogP contribution is 2.48. The summed E-state index contributed by atoms with van der Waals surface area (Å²) in [5.74, 6) is -0.0925. The number of piperidine rings is 1. The Hall–Kier alpha value is -1.42. The van der Waals surface area contributed by atoms with Gasteiger partial charge in [0.1, 0.15) is 5.82 Å². The van der Waals surface area contributed by atoms with Gasteiger partial charge >= 0.3 is 0 Å². The van der Waals surface area contributed by atoms with Crippen LogP contribution in [0.3, 0.4) is 0 Å². The maximum atomic E-state index is 13.1. The number of hydrogen-bond donors (Lipinski definition) is 1. The smallest absolute Gasteiger partial charge is 0.230 e. The van der Waals surface area contributed by atoms with E-state index in [9.17, 15) is 9.18 Å². The fraction of sp³-hybridized carbons (Fsp3) is 0.611. The molecule has 1 saturated carbocycles. The molecule has 0 bridgehead atoms. The summed E-state index contributed by atoms with van der Waals surface area (Å²) < 4.78 is 13.1. The highest BCUT2D eigenvalue weighted by atomic mass is 19.1. The first-order valence-electron chi connectivity index (χ1n) is 8.50. The van der Waals surface area contributed by atoms with Crippen molar-refractivity contribution < 1.29 is 9.18 Å². The molecule has 3 fully saturated rings. The van der Waals surface area contributed by atoms with Gasteiger partial charge in [0.2, 0.25) is 5.91 Å². The van der Waals surface area contributed by atoms with E-state index >= 15 is 0 Å². The van der Waals surface area contributed by atoms with Crippen LogP contribution in [0.4, 0.5) is 4.39 Å². The molecular formula is C18H23FN2O. The molecule has 2 saturated heterocycles. The van der Waals surface area contributed by atoms with Crippen molar-refractivity contribution in [1.82, 2.24) is 10.2 Å². The van der Waals surface area contributed by atoms with Gasteiger partial charge in [0.15, 0.2) is 0 Å². The average Bonchev–Trinajstić information content (AvgIpc) is 3.26. The standard InChI is InChI=1S/C18H23FN2O/c19-14-6-4-13(5-7-14)18(9-10-18)17(22)20-15-8-12-21-11-2-1-3-16(15)21/h4-7,15-16H,1-3,8-12H2,(H,20,22)/t15-,16-/m1/s1. The molecule has 0 radical (unpaired) electrons. The number of nitrogens with zero attached hydrogens (tertiary/aromatic N) is 1. The number of rotatable bonds is 3. The Morgan fingerprint density at radius 2 is 1.91 bits per heavy atom. The second kappa shape index (κ2) is 5.34. The summed E-state index contributed by atoms with van der Waals surface area (Å²) in [6, 6.07) is 7.28. The molecule has 0 unspecified atom stereocenters. The Kier molecular flexibility index (Phi) is 3.44. The minimum atomic E-state index is -0.393. The summed E-state index contributed by atoms with van der Waals surface area (Å²) >= 11 is 0. The second-order valence-corrected chi connectivity index (χ2v) is 7.06. The Morgan fingerprint density at radius 1 is 1.14 bits per heavy atom. The van der Waals surface area contributed by atoms with E-state index < -0.39 is 5.41 Å². The Bertz CT molecular complexity index is 567. The molecule has 4 rings (SSSR count). The van der Waals surface area contributed by atoms with E-state index in [4.69, 9.17) is 0 Å². The van der Waals surface area contributed by atoms with Gasteiger partial charge in [-0.3, -0.25) is 9.69 Å². The van der Waals surface area contributed by atoms with E-state index in [-0.39, 0.29) is 11.7 Å². The average molecular weight is 302 g/mol. The lowest BCUT2D eigenvalue weighted by molar-refractivity contribution is -0.124. The number of nitrogens with one attached hydrogen (secondary N) is 1. The van der Waals surface area contributed by atoms with Crippen LogP contribution in [0.2, 0.25) is 0 Å². The van der Waals surface area contributed by atoms with E-state index in [2.05, 4.69) is 10.2 Å². The number of fused-ring (bicyclic) bond motifs is 1. The Labute approximate surface area is 130 Å². The topological polar surface area (TPSA) is 32.3 Å². The maximum absolute atomic E-state index is 13.1. The first kappa shape index (κ1) is 14.2. The van der Waals surface area contributed by atoms with Gasteiger partial charge in [-0.25, -0.2) is 4.39 Å². The Morgan fingerprint density at radius 3 is 2.64 bits per heavy atom. The summed E-state index contributed by atoms with van der Waals surface area (Å²) in [6.45, 7) is 2.29. The molecular weight excluding hydrogens is 279 g/mol. The van der Waals surface area contributed by atoms with Gasteiger partial charge in [-0.15, -0.1) is 0 Å². The van der Waals surface area contributed by atoms with Crippen LogP contribution in [0.25, 0.3) is 0 Å². The molecule has 3 nitrogen and oxygen atoms in total. The molecule has 1 N–H and O–H groups in total. The summed E-state index contributed by atoms with van der Waals surface area (Å²) in [6.07, 6.45) is 6.59. The molecule has 4 heteroatoms. The zero-order valence-corrected chi connectivity index (χ0v) is 12.9. The fourth-order valence-electron chi connectivity index (χ4n) is 4.26. The molecule has 0 aromatic heterocycles. The molecule has 118 valence electrons. The minimum Gasteiger partial charge on any atom is -0.351 e. The predicted octanol–water partition coefficient (Wildman–Crippen LogP) is 2.60. The van der Waals surface area contributed by atoms with Crippen molar-refractivity contribution in [2.24, 2.45) is 0 Å². The van der Waals surface area contributed by atoms with E-state index in [0.29, 0.717) is 12.1 Å². The van der Waals surface area contributed by atoms with E-state index in [1.165, 1.54) is 37.9 Å². The molecule has 22 heavy (non-hydrogen) atoms. The number of carbonyl (C=O) groups excluding carboxylic acids is 1. The summed E-state index contributed by atoms with van der Waals surface area (Å²) in [5.41, 5.74) is 0.570. The van der Waals surface area contributed by atoms with Crippen LogP contribution in [-0.2, 0) is 10.2 Å². The molecule has 3 aliphatic rings. The number of hydrogen-bond acceptors (Lipinski definition) is 2. The van der Waals surface area contributed by atoms with Crippen LogP contribution in [0.5, 0.6) is 0 Å². The lowest BCUT2D eigenvalue weighted by Crippen LogP contribution is -2.49. The molecule has 2 atom stereocenters. The molecule has 1 aliphatic carbocycles. The molecule has 2 heterocycles. The van der Waals surface area contributed by atoms with Crippen LogP contribution in [0, 0.1) is 5.82 Å². The van der Waals surface area contributed by atoms with Gasteiger partial charge in [-0.2, -0.15) is 0 Å². The van der Waals surface area contributed by atoms with Gasteiger partial charge in [0.05, 0.1) is 5.41 Å². The number of benzene rings is 1. The van der Waals surface area contributed by atoms with Crippen LogP contribution in [0.1, 0.15) is 44.1 Å². The second-order valence-electron chi connectivity index (χ2n) is 7.06. The number of halogens is 1. The third kappa shape index (κ3) is 2.34. The van der Waals surface area contributed by atoms with Crippen molar-refractivity contribution >= 4 is 5.91 Å². The van der Waals surface area contributed by atoms with Gasteiger partial charge in [0.25, 0.3) is 0 Å². The summed E-state index contributed by atoms with van der Waals surface area (Å²) in [5, 5.41) is 3.32. The number of amides is 1. The zero-order chi connectivity index (χ0) is 15.2. The van der Waals surface area contributed by atoms with Gasteiger partial charge in [-0.1, -0.05) is 18.6 Å². The van der Waals surface area contributed by atoms with Crippen LogP contribution in [-0.4, -0.2) is 36.0 Å². The van der Waals surface area contributed by atoms with Crippen LogP contribution >= 0.6 is 0 Å². The largest absolute Gasteiger partial charge is 0.351 e. The summed E-state index contributed by atoms with van der Waals surface area (Å²) in [7, 11) is 0. The van der Waals surface area contributed by atoms with E-state index in [1.54, 1.807) is 12.1 Å². The van der Waals surface area contributed by atoms with Crippen molar-refractivity contribution in [2.45, 2.75) is 56.0 Å². The normalized spacial score (nSPS) is 29.9. The molecule has 1 aromatic carbocycles. The Balaban J connectivity index is 1.47. The molecule has 2 aliphatic heterocycles. The fourth-order valence-corrected chi connectivity index (χ4v) is 4.26. The SMILES string of the molecule is O=C(N[C@@H]1CCN2CCCC[C@H]12)C1(c2ccc(F)cc2)CC1. The van der Waals surface area contributed by atoms with Gasteiger partial charge in [0, 0.05) is 18.6 Å². The highest BCUT2D eigenvalue weighted by molar-refractivity contribution is 5.91. The highest BCUT2D eigenvalue weighted by Gasteiger charge is 2.52. The van der Waals surface area contributed by atoms with Gasteiger partial charge in [-0.05, 0) is 56.3 Å². The predicted molar refractivity (Wildman–Crippen MR) is 83.1 cm³/mol. The molecule has 1 amide bonds. The van der Waals surface area contributed by atoms with Crippen LogP contribution < -0.4 is 5.32 Å². The maximum Gasteiger partial charge on any atom is 0.230 e. The van der Waals surface area contributed by atoms with Crippen molar-refractivity contribution in [3.63, 3.8) is 0 Å². The van der Waals surface area contributed by atoms with Crippen molar-refractivity contribution in [2.75, 3.05) is 13.1 Å². The molecule has 0 spiro atoms. The van der Waals surface area contributed by atoms with Crippen molar-refractivity contribution in [3.05, 3.63) is 35.6 Å². The van der Waals surface area contributed by atoms with E-state index in [0.717, 1.165) is 31.4 Å². The lowest BCUT2D eigenvalue weighted by Gasteiger charge is -2.33.